The third kappa shape index (κ3) is 11.5. The number of hydrogen-bond donors (Lipinski definition) is 0. The van der Waals surface area contributed by atoms with Crippen molar-refractivity contribution in [2.75, 3.05) is 40.5 Å². The van der Waals surface area contributed by atoms with Gasteiger partial charge < -0.3 is 18.7 Å². The van der Waals surface area contributed by atoms with E-state index >= 15 is 0 Å². The van der Waals surface area contributed by atoms with Gasteiger partial charge >= 0.3 is 5.97 Å². The molecular formula is C25H45N3O5. The lowest BCUT2D eigenvalue weighted by atomic mass is 9.84. The highest BCUT2D eigenvalue weighted by Gasteiger charge is 2.26. The summed E-state index contributed by atoms with van der Waals surface area (Å²) in [7, 11) is 3.38. The van der Waals surface area contributed by atoms with E-state index in [-0.39, 0.29) is 18.3 Å². The third-order valence-corrected chi connectivity index (χ3v) is 6.14. The van der Waals surface area contributed by atoms with Crippen molar-refractivity contribution in [2.45, 2.75) is 96.6 Å². The second-order valence-electron chi connectivity index (χ2n) is 10.2. The number of carbonyl (C=O) groups excluding carboxylic acids is 1. The van der Waals surface area contributed by atoms with Gasteiger partial charge in [-0.15, -0.1) is 0 Å². The van der Waals surface area contributed by atoms with E-state index in [0.717, 1.165) is 31.8 Å². The number of aromatic nitrogens is 2. The largest absolute Gasteiger partial charge is 0.460 e. The van der Waals surface area contributed by atoms with Crippen LogP contribution in [0.1, 0.15) is 96.2 Å². The summed E-state index contributed by atoms with van der Waals surface area (Å²) < 4.78 is 21.7. The van der Waals surface area contributed by atoms with E-state index in [0.29, 0.717) is 31.5 Å². The van der Waals surface area contributed by atoms with Crippen LogP contribution in [-0.4, -0.2) is 67.1 Å². The summed E-state index contributed by atoms with van der Waals surface area (Å²) in [6.45, 7) is 8.98. The second-order valence-corrected chi connectivity index (χ2v) is 10.2. The van der Waals surface area contributed by atoms with Crippen molar-refractivity contribution < 1.29 is 23.5 Å². The number of nitrogens with zero attached hydrogens (tertiary/aromatic N) is 3. The lowest BCUT2D eigenvalue weighted by Crippen LogP contribution is -2.30. The molecule has 0 saturated heterocycles. The first-order valence-corrected chi connectivity index (χ1v) is 12.5. The van der Waals surface area contributed by atoms with Gasteiger partial charge in [-0.1, -0.05) is 50.1 Å². The van der Waals surface area contributed by atoms with Crippen LogP contribution < -0.4 is 0 Å². The Balaban J connectivity index is 2.01. The summed E-state index contributed by atoms with van der Waals surface area (Å²) in [4.78, 5) is 19.4. The maximum absolute atomic E-state index is 12.6. The molecular weight excluding hydrogens is 422 g/mol. The highest BCUT2D eigenvalue weighted by molar-refractivity contribution is 5.70. The van der Waals surface area contributed by atoms with Crippen LogP contribution >= 0.6 is 0 Å². The van der Waals surface area contributed by atoms with Crippen LogP contribution in [0.4, 0.5) is 0 Å². The Morgan fingerprint density at radius 1 is 1.12 bits per heavy atom. The molecule has 1 aliphatic rings. The molecule has 1 heterocycles. The van der Waals surface area contributed by atoms with Gasteiger partial charge in [-0.05, 0) is 33.1 Å². The van der Waals surface area contributed by atoms with Gasteiger partial charge in [0, 0.05) is 33.2 Å². The fourth-order valence-corrected chi connectivity index (χ4v) is 4.43. The van der Waals surface area contributed by atoms with Crippen molar-refractivity contribution in [1.82, 2.24) is 15.0 Å². The van der Waals surface area contributed by atoms with E-state index in [9.17, 15) is 4.79 Å². The lowest BCUT2D eigenvalue weighted by Gasteiger charge is -2.23. The number of hydrogen-bond acceptors (Lipinski definition) is 8. The highest BCUT2D eigenvalue weighted by atomic mass is 16.6. The summed E-state index contributed by atoms with van der Waals surface area (Å²) in [6.07, 6.45) is 10.1. The first-order valence-electron chi connectivity index (χ1n) is 12.5. The molecule has 0 amide bonds. The monoisotopic (exact) mass is 467 g/mol. The van der Waals surface area contributed by atoms with Gasteiger partial charge in [0.25, 0.3) is 0 Å². The molecule has 1 aliphatic carbocycles. The van der Waals surface area contributed by atoms with E-state index < -0.39 is 5.60 Å². The molecule has 8 heteroatoms. The van der Waals surface area contributed by atoms with Crippen LogP contribution in [0.5, 0.6) is 0 Å². The maximum Gasteiger partial charge on any atom is 0.307 e. The molecule has 0 spiro atoms. The van der Waals surface area contributed by atoms with Crippen LogP contribution in [0.15, 0.2) is 4.52 Å². The van der Waals surface area contributed by atoms with Crippen LogP contribution in [-0.2, 0) is 25.5 Å². The van der Waals surface area contributed by atoms with Crippen molar-refractivity contribution in [3.8, 4) is 0 Å². The van der Waals surface area contributed by atoms with Gasteiger partial charge in [0.15, 0.2) is 5.82 Å². The number of carbonyl (C=O) groups is 1. The molecule has 8 nitrogen and oxygen atoms in total. The second kappa shape index (κ2) is 14.7. The van der Waals surface area contributed by atoms with Crippen LogP contribution in [0.25, 0.3) is 0 Å². The molecule has 1 aromatic heterocycles. The summed E-state index contributed by atoms with van der Waals surface area (Å²) in [5.41, 5.74) is -0.507. The molecule has 1 fully saturated rings. The zero-order valence-electron chi connectivity index (χ0n) is 21.4. The minimum Gasteiger partial charge on any atom is -0.460 e. The molecule has 0 N–H and O–H groups in total. The van der Waals surface area contributed by atoms with Crippen molar-refractivity contribution >= 4 is 5.97 Å². The van der Waals surface area contributed by atoms with Crippen molar-refractivity contribution in [1.29, 1.82) is 0 Å². The average molecular weight is 468 g/mol. The molecule has 0 aliphatic heterocycles. The fraction of sp³-hybridized carbons (Fsp3) is 0.880. The smallest absolute Gasteiger partial charge is 0.307 e. The molecule has 2 rings (SSSR count). The number of rotatable bonds is 15. The molecule has 1 saturated carbocycles. The van der Waals surface area contributed by atoms with E-state index in [1.54, 1.807) is 14.2 Å². The van der Waals surface area contributed by atoms with Crippen molar-refractivity contribution in [3.63, 3.8) is 0 Å². The number of esters is 1. The quantitative estimate of drug-likeness (QED) is 0.342. The molecule has 190 valence electrons. The third-order valence-electron chi connectivity index (χ3n) is 6.14. The highest BCUT2D eigenvalue weighted by Crippen LogP contribution is 2.31. The Hall–Kier alpha value is -1.51. The molecule has 0 bridgehead atoms. The summed E-state index contributed by atoms with van der Waals surface area (Å²) in [5, 5.41) is 4.21. The van der Waals surface area contributed by atoms with Gasteiger partial charge in [0.1, 0.15) is 5.60 Å². The Labute approximate surface area is 199 Å². The van der Waals surface area contributed by atoms with Crippen LogP contribution in [0.2, 0.25) is 0 Å². The van der Waals surface area contributed by atoms with E-state index in [1.807, 2.05) is 20.8 Å². The van der Waals surface area contributed by atoms with E-state index in [1.165, 1.54) is 38.5 Å². The van der Waals surface area contributed by atoms with Gasteiger partial charge in [-0.2, -0.15) is 4.98 Å². The molecule has 1 unspecified atom stereocenters. The first kappa shape index (κ1) is 27.7. The number of ether oxygens (including phenoxy) is 3. The average Bonchev–Trinajstić information content (AvgIpc) is 3.23. The summed E-state index contributed by atoms with van der Waals surface area (Å²) in [5.74, 6) is 1.65. The zero-order valence-corrected chi connectivity index (χ0v) is 21.4. The molecule has 1 atom stereocenters. The van der Waals surface area contributed by atoms with E-state index in [2.05, 4.69) is 15.0 Å². The number of methoxy groups -OCH3 is 2. The van der Waals surface area contributed by atoms with Gasteiger partial charge in [-0.25, -0.2) is 0 Å². The Morgan fingerprint density at radius 3 is 2.39 bits per heavy atom. The van der Waals surface area contributed by atoms with E-state index in [4.69, 9.17) is 18.7 Å². The Morgan fingerprint density at radius 2 is 1.79 bits per heavy atom. The molecule has 1 aromatic rings. The predicted octanol–water partition coefficient (Wildman–Crippen LogP) is 4.73. The Bertz CT molecular complexity index is 659. The summed E-state index contributed by atoms with van der Waals surface area (Å²) in [6, 6.07) is 0. The molecule has 0 aromatic carbocycles. The molecule has 33 heavy (non-hydrogen) atoms. The SMILES string of the molecule is COCCN(CCOC)Cc1noc(C(CCCC2CCCCC2)CC(=O)OC(C)(C)C)n1. The van der Waals surface area contributed by atoms with Crippen molar-refractivity contribution in [2.24, 2.45) is 5.92 Å². The van der Waals surface area contributed by atoms with Crippen LogP contribution in [0.3, 0.4) is 0 Å². The molecule has 0 radical (unpaired) electrons. The Kier molecular flexibility index (Phi) is 12.3. The normalized spacial score (nSPS) is 16.3. The minimum absolute atomic E-state index is 0.115. The lowest BCUT2D eigenvalue weighted by molar-refractivity contribution is -0.155. The van der Waals surface area contributed by atoms with Gasteiger partial charge in [0.2, 0.25) is 5.89 Å². The van der Waals surface area contributed by atoms with Crippen LogP contribution in [0, 0.1) is 5.92 Å². The van der Waals surface area contributed by atoms with Crippen molar-refractivity contribution in [3.05, 3.63) is 11.7 Å². The topological polar surface area (TPSA) is 86.9 Å². The maximum atomic E-state index is 12.6. The standard InChI is InChI=1S/C25H45N3O5/c1-25(2,3)32-23(29)18-21(13-9-12-20-10-7-6-8-11-20)24-26-22(27-33-24)19-28(14-16-30-4)15-17-31-5/h20-21H,6-19H2,1-5H3. The van der Waals surface area contributed by atoms with Gasteiger partial charge in [-0.3, -0.25) is 9.69 Å². The predicted molar refractivity (Wildman–Crippen MR) is 127 cm³/mol. The minimum atomic E-state index is -0.507. The van der Waals surface area contributed by atoms with Gasteiger partial charge in [0.05, 0.1) is 26.2 Å². The first-order chi connectivity index (χ1) is 15.8. The fourth-order valence-electron chi connectivity index (χ4n) is 4.43. The zero-order chi connectivity index (χ0) is 24.1. The summed E-state index contributed by atoms with van der Waals surface area (Å²) >= 11 is 0.